The van der Waals surface area contributed by atoms with E-state index in [9.17, 15) is 0 Å². The zero-order valence-electron chi connectivity index (χ0n) is 10.6. The molecule has 1 fully saturated rings. The SMILES string of the molecule is CC(NCC1COC(C)(C)O1)c1ccncc1. The molecule has 2 unspecified atom stereocenters. The van der Waals surface area contributed by atoms with Crippen molar-refractivity contribution in [3.8, 4) is 0 Å². The van der Waals surface area contributed by atoms with Gasteiger partial charge in [-0.15, -0.1) is 0 Å². The molecule has 0 aromatic carbocycles. The maximum atomic E-state index is 5.74. The normalized spacial score (nSPS) is 24.8. The molecule has 1 aliphatic heterocycles. The Morgan fingerprint density at radius 1 is 1.47 bits per heavy atom. The molecule has 1 saturated heterocycles. The standard InChI is InChI=1S/C13H20N2O2/c1-10(11-4-6-14-7-5-11)15-8-12-9-16-13(2,3)17-12/h4-7,10,12,15H,8-9H2,1-3H3. The average molecular weight is 236 g/mol. The summed E-state index contributed by atoms with van der Waals surface area (Å²) in [4.78, 5) is 4.01. The number of ether oxygens (including phenoxy) is 2. The van der Waals surface area contributed by atoms with Crippen LogP contribution < -0.4 is 5.32 Å². The van der Waals surface area contributed by atoms with Crippen LogP contribution in [0.25, 0.3) is 0 Å². The van der Waals surface area contributed by atoms with Gasteiger partial charge in [0.15, 0.2) is 5.79 Å². The molecule has 1 aromatic heterocycles. The molecule has 2 heterocycles. The maximum Gasteiger partial charge on any atom is 0.163 e. The summed E-state index contributed by atoms with van der Waals surface area (Å²) in [6, 6.07) is 4.34. The molecule has 0 radical (unpaired) electrons. The molecule has 2 rings (SSSR count). The van der Waals surface area contributed by atoms with Crippen molar-refractivity contribution in [2.45, 2.75) is 38.7 Å². The van der Waals surface area contributed by atoms with Gasteiger partial charge in [0.25, 0.3) is 0 Å². The molecule has 0 amide bonds. The number of rotatable bonds is 4. The molecule has 0 spiro atoms. The highest BCUT2D eigenvalue weighted by Crippen LogP contribution is 2.22. The van der Waals surface area contributed by atoms with Gasteiger partial charge in [-0.3, -0.25) is 4.98 Å². The maximum absolute atomic E-state index is 5.74. The first kappa shape index (κ1) is 12.5. The van der Waals surface area contributed by atoms with Crippen LogP contribution in [0.4, 0.5) is 0 Å². The largest absolute Gasteiger partial charge is 0.348 e. The lowest BCUT2D eigenvalue weighted by atomic mass is 10.1. The molecule has 4 heteroatoms. The first-order chi connectivity index (χ1) is 8.07. The van der Waals surface area contributed by atoms with Gasteiger partial charge in [0, 0.05) is 25.0 Å². The zero-order chi connectivity index (χ0) is 12.3. The number of nitrogens with one attached hydrogen (secondary N) is 1. The van der Waals surface area contributed by atoms with Crippen LogP contribution in [-0.2, 0) is 9.47 Å². The average Bonchev–Trinajstić information content (AvgIpc) is 2.67. The fourth-order valence-electron chi connectivity index (χ4n) is 1.94. The number of aromatic nitrogens is 1. The Morgan fingerprint density at radius 2 is 2.18 bits per heavy atom. The summed E-state index contributed by atoms with van der Waals surface area (Å²) in [5.41, 5.74) is 1.23. The topological polar surface area (TPSA) is 43.4 Å². The van der Waals surface area contributed by atoms with E-state index in [2.05, 4.69) is 17.2 Å². The Kier molecular flexibility index (Phi) is 3.76. The Labute approximate surface area is 102 Å². The van der Waals surface area contributed by atoms with Gasteiger partial charge >= 0.3 is 0 Å². The fourth-order valence-corrected chi connectivity index (χ4v) is 1.94. The predicted octanol–water partition coefficient (Wildman–Crippen LogP) is 1.88. The zero-order valence-corrected chi connectivity index (χ0v) is 10.6. The van der Waals surface area contributed by atoms with Crippen molar-refractivity contribution >= 4 is 0 Å². The highest BCUT2D eigenvalue weighted by Gasteiger charge is 2.32. The minimum Gasteiger partial charge on any atom is -0.348 e. The van der Waals surface area contributed by atoms with Gasteiger partial charge in [0.05, 0.1) is 12.7 Å². The van der Waals surface area contributed by atoms with E-state index in [-0.39, 0.29) is 6.10 Å². The predicted molar refractivity (Wildman–Crippen MR) is 65.6 cm³/mol. The van der Waals surface area contributed by atoms with Gasteiger partial charge in [-0.25, -0.2) is 0 Å². The Morgan fingerprint density at radius 3 is 2.76 bits per heavy atom. The molecule has 94 valence electrons. The highest BCUT2D eigenvalue weighted by molar-refractivity contribution is 5.13. The van der Waals surface area contributed by atoms with Gasteiger partial charge in [0.2, 0.25) is 0 Å². The summed E-state index contributed by atoms with van der Waals surface area (Å²) in [7, 11) is 0. The van der Waals surface area contributed by atoms with E-state index in [1.165, 1.54) is 5.56 Å². The van der Waals surface area contributed by atoms with Crippen LogP contribution in [0.3, 0.4) is 0 Å². The first-order valence-electron chi connectivity index (χ1n) is 6.02. The molecule has 1 aliphatic rings. The second kappa shape index (κ2) is 5.12. The van der Waals surface area contributed by atoms with Crippen molar-refractivity contribution in [2.24, 2.45) is 0 Å². The molecule has 17 heavy (non-hydrogen) atoms. The Balaban J connectivity index is 1.79. The molecule has 0 saturated carbocycles. The molecular weight excluding hydrogens is 216 g/mol. The summed E-state index contributed by atoms with van der Waals surface area (Å²) in [5.74, 6) is -0.438. The molecule has 1 aromatic rings. The third kappa shape index (κ3) is 3.49. The van der Waals surface area contributed by atoms with Gasteiger partial charge in [-0.2, -0.15) is 0 Å². The number of nitrogens with zero attached hydrogens (tertiary/aromatic N) is 1. The van der Waals surface area contributed by atoms with E-state index >= 15 is 0 Å². The van der Waals surface area contributed by atoms with Gasteiger partial charge in [0.1, 0.15) is 0 Å². The smallest absolute Gasteiger partial charge is 0.163 e. The lowest BCUT2D eigenvalue weighted by molar-refractivity contribution is -0.137. The van der Waals surface area contributed by atoms with Crippen molar-refractivity contribution < 1.29 is 9.47 Å². The van der Waals surface area contributed by atoms with E-state index in [1.807, 2.05) is 38.4 Å². The second-order valence-corrected chi connectivity index (χ2v) is 4.86. The quantitative estimate of drug-likeness (QED) is 0.867. The minimum atomic E-state index is -0.438. The van der Waals surface area contributed by atoms with Crippen LogP contribution >= 0.6 is 0 Å². The van der Waals surface area contributed by atoms with Gasteiger partial charge < -0.3 is 14.8 Å². The number of pyridine rings is 1. The first-order valence-corrected chi connectivity index (χ1v) is 6.02. The van der Waals surface area contributed by atoms with Crippen molar-refractivity contribution in [3.05, 3.63) is 30.1 Å². The second-order valence-electron chi connectivity index (χ2n) is 4.86. The Bertz CT molecular complexity index is 354. The van der Waals surface area contributed by atoms with E-state index in [0.29, 0.717) is 12.6 Å². The van der Waals surface area contributed by atoms with E-state index < -0.39 is 5.79 Å². The number of hydrogen-bond donors (Lipinski definition) is 1. The summed E-state index contributed by atoms with van der Waals surface area (Å²) in [6.07, 6.45) is 3.76. The van der Waals surface area contributed by atoms with Crippen LogP contribution in [0.1, 0.15) is 32.4 Å². The van der Waals surface area contributed by atoms with Gasteiger partial charge in [-0.1, -0.05) is 0 Å². The Hall–Kier alpha value is -0.970. The van der Waals surface area contributed by atoms with Gasteiger partial charge in [-0.05, 0) is 38.5 Å². The monoisotopic (exact) mass is 236 g/mol. The van der Waals surface area contributed by atoms with E-state index in [0.717, 1.165) is 6.54 Å². The van der Waals surface area contributed by atoms with Crippen molar-refractivity contribution in [1.82, 2.24) is 10.3 Å². The van der Waals surface area contributed by atoms with Crippen molar-refractivity contribution in [2.75, 3.05) is 13.2 Å². The summed E-state index contributed by atoms with van der Waals surface area (Å²) in [5, 5.41) is 3.45. The lowest BCUT2D eigenvalue weighted by Gasteiger charge is -2.19. The molecule has 1 N–H and O–H groups in total. The third-order valence-corrected chi connectivity index (χ3v) is 2.93. The van der Waals surface area contributed by atoms with Crippen LogP contribution in [0.15, 0.2) is 24.5 Å². The molecule has 0 aliphatic carbocycles. The van der Waals surface area contributed by atoms with E-state index in [4.69, 9.17) is 9.47 Å². The van der Waals surface area contributed by atoms with Crippen molar-refractivity contribution in [1.29, 1.82) is 0 Å². The lowest BCUT2D eigenvalue weighted by Crippen LogP contribution is -2.32. The summed E-state index contributed by atoms with van der Waals surface area (Å²) < 4.78 is 11.3. The number of hydrogen-bond acceptors (Lipinski definition) is 4. The molecule has 2 atom stereocenters. The third-order valence-electron chi connectivity index (χ3n) is 2.93. The fraction of sp³-hybridized carbons (Fsp3) is 0.615. The molecular formula is C13H20N2O2. The molecule has 4 nitrogen and oxygen atoms in total. The van der Waals surface area contributed by atoms with Crippen LogP contribution in [-0.4, -0.2) is 30.0 Å². The van der Waals surface area contributed by atoms with Crippen LogP contribution in [0, 0.1) is 0 Å². The summed E-state index contributed by atoms with van der Waals surface area (Å²) in [6.45, 7) is 7.48. The van der Waals surface area contributed by atoms with E-state index in [1.54, 1.807) is 0 Å². The van der Waals surface area contributed by atoms with Crippen LogP contribution in [0.2, 0.25) is 0 Å². The highest BCUT2D eigenvalue weighted by atomic mass is 16.7. The van der Waals surface area contributed by atoms with Crippen molar-refractivity contribution in [3.63, 3.8) is 0 Å². The minimum absolute atomic E-state index is 0.134. The summed E-state index contributed by atoms with van der Waals surface area (Å²) >= 11 is 0. The van der Waals surface area contributed by atoms with Crippen LogP contribution in [0.5, 0.6) is 0 Å². The molecule has 0 bridgehead atoms.